The monoisotopic (exact) mass is 571 g/mol. The van der Waals surface area contributed by atoms with E-state index in [0.29, 0.717) is 39.0 Å². The summed E-state index contributed by atoms with van der Waals surface area (Å²) in [7, 11) is 0. The van der Waals surface area contributed by atoms with Crippen LogP contribution in [0.25, 0.3) is 0 Å². The Morgan fingerprint density at radius 1 is 1.37 bits per heavy atom. The summed E-state index contributed by atoms with van der Waals surface area (Å²) in [6.07, 6.45) is 4.08. The number of benzene rings is 1. The van der Waals surface area contributed by atoms with Gasteiger partial charge < -0.3 is 14.6 Å². The van der Waals surface area contributed by atoms with E-state index < -0.39 is 0 Å². The highest BCUT2D eigenvalue weighted by Crippen LogP contribution is 2.45. The molecule has 0 fully saturated rings. The molecule has 1 atom stereocenters. The number of thioether (sulfide) groups is 1. The van der Waals surface area contributed by atoms with E-state index >= 15 is 0 Å². The maximum absolute atomic E-state index is 12.9. The molecule has 1 unspecified atom stereocenters. The van der Waals surface area contributed by atoms with Crippen molar-refractivity contribution in [2.75, 3.05) is 11.1 Å². The van der Waals surface area contributed by atoms with Gasteiger partial charge in [-0.15, -0.1) is 21.5 Å². The van der Waals surface area contributed by atoms with E-state index in [1.807, 2.05) is 30.5 Å². The fraction of sp³-hybridized carbons (Fsp3) is 0.500. The molecule has 2 heterocycles. The van der Waals surface area contributed by atoms with Crippen molar-refractivity contribution in [2.45, 2.75) is 78.6 Å². The first-order valence-corrected chi connectivity index (χ1v) is 15.1. The van der Waals surface area contributed by atoms with Crippen LogP contribution in [-0.2, 0) is 30.8 Å². The number of hydrogen-bond donors (Lipinski definition) is 1. The van der Waals surface area contributed by atoms with Crippen molar-refractivity contribution >= 4 is 45.6 Å². The van der Waals surface area contributed by atoms with Crippen molar-refractivity contribution in [3.63, 3.8) is 0 Å². The van der Waals surface area contributed by atoms with Crippen molar-refractivity contribution < 1.29 is 9.53 Å². The molecule has 0 aliphatic heterocycles. The minimum absolute atomic E-state index is 0.157. The smallest absolute Gasteiger partial charge is 0.235 e. The molecule has 7 nitrogen and oxygen atoms in total. The normalized spacial score (nSPS) is 15.1. The molecule has 1 amide bonds. The first-order chi connectivity index (χ1) is 18.2. The van der Waals surface area contributed by atoms with Crippen LogP contribution >= 0.6 is 34.7 Å². The van der Waals surface area contributed by atoms with E-state index in [4.69, 9.17) is 16.3 Å². The fourth-order valence-electron chi connectivity index (χ4n) is 4.81. The van der Waals surface area contributed by atoms with Crippen molar-refractivity contribution in [2.24, 2.45) is 11.3 Å². The standard InChI is InChI=1S/C28H34ClN5O2S2/c1-6-28(4,5)18-8-10-20-21(14-30)26(38-23(20)13-18)31-25(35)16-37-27-33-32-24(34(27)7-2)15-36-22-11-9-19(29)12-17(22)3/h9,11-12,18H,6-8,10,13,15-16H2,1-5H3,(H,31,35). The summed E-state index contributed by atoms with van der Waals surface area (Å²) in [5.41, 5.74) is 2.96. The summed E-state index contributed by atoms with van der Waals surface area (Å²) < 4.78 is 7.89. The number of nitriles is 1. The third-order valence-corrected chi connectivity index (χ3v) is 9.95. The highest BCUT2D eigenvalue weighted by Gasteiger charge is 2.34. The minimum Gasteiger partial charge on any atom is -0.485 e. The first-order valence-electron chi connectivity index (χ1n) is 12.9. The van der Waals surface area contributed by atoms with Crippen molar-refractivity contribution in [3.05, 3.63) is 50.6 Å². The number of hydrogen-bond acceptors (Lipinski definition) is 7. The van der Waals surface area contributed by atoms with E-state index in [1.165, 1.54) is 16.6 Å². The van der Waals surface area contributed by atoms with Gasteiger partial charge in [0, 0.05) is 16.4 Å². The van der Waals surface area contributed by atoms with Crippen LogP contribution in [0.4, 0.5) is 5.00 Å². The predicted octanol–water partition coefficient (Wildman–Crippen LogP) is 7.04. The maximum Gasteiger partial charge on any atom is 0.235 e. The molecule has 1 aromatic carbocycles. The van der Waals surface area contributed by atoms with Gasteiger partial charge in [0.15, 0.2) is 11.0 Å². The van der Waals surface area contributed by atoms with Gasteiger partial charge in [-0.1, -0.05) is 50.6 Å². The van der Waals surface area contributed by atoms with Gasteiger partial charge >= 0.3 is 0 Å². The number of aromatic nitrogens is 3. The molecule has 1 aliphatic carbocycles. The molecule has 0 saturated heterocycles. The van der Waals surface area contributed by atoms with Gasteiger partial charge in [0.25, 0.3) is 0 Å². The first kappa shape index (κ1) is 28.5. The van der Waals surface area contributed by atoms with Crippen molar-refractivity contribution in [1.82, 2.24) is 14.8 Å². The quantitative estimate of drug-likeness (QED) is 0.262. The van der Waals surface area contributed by atoms with Crippen molar-refractivity contribution in [3.8, 4) is 11.8 Å². The molecule has 3 aromatic rings. The lowest BCUT2D eigenvalue weighted by molar-refractivity contribution is -0.113. The molecule has 202 valence electrons. The lowest BCUT2D eigenvalue weighted by Crippen LogP contribution is -2.28. The zero-order valence-electron chi connectivity index (χ0n) is 22.6. The zero-order valence-corrected chi connectivity index (χ0v) is 24.9. The number of carbonyl (C=O) groups is 1. The molecule has 1 aliphatic rings. The number of thiophene rings is 1. The summed E-state index contributed by atoms with van der Waals surface area (Å²) >= 11 is 8.93. The van der Waals surface area contributed by atoms with Gasteiger partial charge in [0.1, 0.15) is 23.4 Å². The lowest BCUT2D eigenvalue weighted by atomic mass is 9.69. The highest BCUT2D eigenvalue weighted by molar-refractivity contribution is 7.99. The molecule has 0 bridgehead atoms. The Labute approximate surface area is 237 Å². The van der Waals surface area contributed by atoms with Gasteiger partial charge in [-0.3, -0.25) is 4.79 Å². The molecule has 0 spiro atoms. The van der Waals surface area contributed by atoms with Gasteiger partial charge in [0.05, 0.1) is 11.3 Å². The van der Waals surface area contributed by atoms with E-state index in [1.54, 1.807) is 17.4 Å². The van der Waals surface area contributed by atoms with Crippen LogP contribution in [0.2, 0.25) is 5.02 Å². The average molecular weight is 572 g/mol. The Morgan fingerprint density at radius 2 is 2.16 bits per heavy atom. The van der Waals surface area contributed by atoms with Crippen LogP contribution in [0.3, 0.4) is 0 Å². The Kier molecular flexibility index (Phi) is 9.07. The SMILES string of the molecule is CCn1c(COc2ccc(Cl)cc2C)nnc1SCC(=O)Nc1sc2c(c1C#N)CCC(C(C)(C)CC)C2. The number of nitrogens with zero attached hydrogens (tertiary/aromatic N) is 4. The molecule has 2 aromatic heterocycles. The average Bonchev–Trinajstić information content (AvgIpc) is 3.45. The summed E-state index contributed by atoms with van der Waals surface area (Å²) in [5, 5.41) is 23.4. The number of rotatable bonds is 10. The Morgan fingerprint density at radius 3 is 2.84 bits per heavy atom. The van der Waals surface area contributed by atoms with Crippen LogP contribution in [0.15, 0.2) is 23.4 Å². The van der Waals surface area contributed by atoms with Crippen LogP contribution in [0, 0.1) is 29.6 Å². The molecule has 38 heavy (non-hydrogen) atoms. The lowest BCUT2D eigenvalue weighted by Gasteiger charge is -2.36. The fourth-order valence-corrected chi connectivity index (χ4v) is 7.15. The number of anilines is 1. The third kappa shape index (κ3) is 6.19. The summed E-state index contributed by atoms with van der Waals surface area (Å²) in [6.45, 7) is 11.8. The van der Waals surface area contributed by atoms with E-state index in [0.717, 1.165) is 42.6 Å². The Hall–Kier alpha value is -2.54. The number of nitrogens with one attached hydrogen (secondary N) is 1. The largest absolute Gasteiger partial charge is 0.485 e. The van der Waals surface area contributed by atoms with Gasteiger partial charge in [-0.2, -0.15) is 5.26 Å². The number of ether oxygens (including phenoxy) is 1. The highest BCUT2D eigenvalue weighted by atomic mass is 35.5. The van der Waals surface area contributed by atoms with Gasteiger partial charge in [0.2, 0.25) is 5.91 Å². The summed E-state index contributed by atoms with van der Waals surface area (Å²) in [4.78, 5) is 14.1. The predicted molar refractivity (Wildman–Crippen MR) is 154 cm³/mol. The Bertz CT molecular complexity index is 1360. The topological polar surface area (TPSA) is 92.8 Å². The van der Waals surface area contributed by atoms with E-state index in [2.05, 4.69) is 42.4 Å². The second kappa shape index (κ2) is 12.1. The van der Waals surface area contributed by atoms with Crippen LogP contribution in [-0.4, -0.2) is 26.4 Å². The zero-order chi connectivity index (χ0) is 27.4. The van der Waals surface area contributed by atoms with Crippen LogP contribution < -0.4 is 10.1 Å². The molecule has 1 N–H and O–H groups in total. The number of aryl methyl sites for hydroxylation is 1. The summed E-state index contributed by atoms with van der Waals surface area (Å²) in [6, 6.07) is 7.83. The second-order valence-corrected chi connectivity index (χ2v) is 12.8. The molecule has 10 heteroatoms. The number of halogens is 1. The molecule has 0 radical (unpaired) electrons. The van der Waals surface area contributed by atoms with E-state index in [9.17, 15) is 10.1 Å². The van der Waals surface area contributed by atoms with Crippen molar-refractivity contribution in [1.29, 1.82) is 5.26 Å². The molecule has 4 rings (SSSR count). The minimum atomic E-state index is -0.157. The third-order valence-electron chi connectivity index (χ3n) is 7.58. The van der Waals surface area contributed by atoms with Gasteiger partial charge in [-0.25, -0.2) is 0 Å². The van der Waals surface area contributed by atoms with Crippen LogP contribution in [0.1, 0.15) is 67.9 Å². The maximum atomic E-state index is 12.9. The molecular weight excluding hydrogens is 538 g/mol. The number of amides is 1. The second-order valence-electron chi connectivity index (χ2n) is 10.3. The number of fused-ring (bicyclic) bond motifs is 1. The molecule has 0 saturated carbocycles. The molecular formula is C28H34ClN5O2S2. The Balaban J connectivity index is 1.38. The van der Waals surface area contributed by atoms with Crippen LogP contribution in [0.5, 0.6) is 5.75 Å². The summed E-state index contributed by atoms with van der Waals surface area (Å²) in [5.74, 6) is 2.04. The van der Waals surface area contributed by atoms with E-state index in [-0.39, 0.29) is 23.7 Å². The number of carbonyl (C=O) groups excluding carboxylic acids is 1. The van der Waals surface area contributed by atoms with Gasteiger partial charge in [-0.05, 0) is 73.8 Å².